The molecule has 0 radical (unpaired) electrons. The SMILES string of the molecule is Cn1ccn(Cc2cnc(N)cn2)c1=O. The number of anilines is 1. The minimum absolute atomic E-state index is 0.0753. The van der Waals surface area contributed by atoms with E-state index in [4.69, 9.17) is 5.73 Å². The molecule has 0 aromatic carbocycles. The molecule has 0 fully saturated rings. The zero-order valence-electron chi connectivity index (χ0n) is 8.29. The van der Waals surface area contributed by atoms with Crippen molar-refractivity contribution in [1.82, 2.24) is 19.1 Å². The number of imidazole rings is 1. The highest BCUT2D eigenvalue weighted by Gasteiger charge is 2.01. The molecule has 0 unspecified atom stereocenters. The van der Waals surface area contributed by atoms with E-state index in [1.807, 2.05) is 0 Å². The van der Waals surface area contributed by atoms with Crippen LogP contribution in [0, 0.1) is 0 Å². The van der Waals surface area contributed by atoms with Gasteiger partial charge < -0.3 is 10.3 Å². The van der Waals surface area contributed by atoms with E-state index in [9.17, 15) is 4.79 Å². The summed E-state index contributed by atoms with van der Waals surface area (Å²) in [5.74, 6) is 0.374. The molecule has 0 saturated heterocycles. The second-order valence-corrected chi connectivity index (χ2v) is 3.25. The average molecular weight is 205 g/mol. The Balaban J connectivity index is 2.26. The van der Waals surface area contributed by atoms with Crippen LogP contribution in [0.4, 0.5) is 5.82 Å². The number of hydrogen-bond donors (Lipinski definition) is 1. The fourth-order valence-electron chi connectivity index (χ4n) is 1.25. The Labute approximate surface area is 86.0 Å². The highest BCUT2D eigenvalue weighted by molar-refractivity contribution is 5.22. The molecular weight excluding hydrogens is 194 g/mol. The molecule has 0 aliphatic rings. The fourth-order valence-corrected chi connectivity index (χ4v) is 1.25. The largest absolute Gasteiger partial charge is 0.382 e. The predicted octanol–water partition coefficient (Wildman–Crippen LogP) is -0.393. The van der Waals surface area contributed by atoms with Crippen molar-refractivity contribution in [2.24, 2.45) is 7.05 Å². The molecule has 0 aliphatic carbocycles. The summed E-state index contributed by atoms with van der Waals surface area (Å²) in [6.45, 7) is 0.410. The molecule has 0 saturated carbocycles. The maximum absolute atomic E-state index is 11.5. The Morgan fingerprint density at radius 2 is 2.13 bits per heavy atom. The Morgan fingerprint density at radius 1 is 1.33 bits per heavy atom. The molecule has 6 heteroatoms. The van der Waals surface area contributed by atoms with Crippen molar-refractivity contribution in [3.05, 3.63) is 41.0 Å². The lowest BCUT2D eigenvalue weighted by molar-refractivity contribution is 0.702. The second kappa shape index (κ2) is 3.56. The molecule has 2 rings (SSSR count). The van der Waals surface area contributed by atoms with E-state index in [1.54, 1.807) is 30.2 Å². The first-order valence-corrected chi connectivity index (χ1v) is 4.45. The standard InChI is InChI=1S/C9H11N5O/c1-13-2-3-14(9(13)15)6-7-4-12-8(10)5-11-7/h2-5H,6H2,1H3,(H2,10,12). The van der Waals surface area contributed by atoms with Gasteiger partial charge in [-0.2, -0.15) is 0 Å². The summed E-state index contributed by atoms with van der Waals surface area (Å²) in [6.07, 6.45) is 6.45. The van der Waals surface area contributed by atoms with Crippen LogP contribution < -0.4 is 11.4 Å². The zero-order chi connectivity index (χ0) is 10.8. The molecule has 2 aromatic rings. The Kier molecular flexibility index (Phi) is 2.24. The van der Waals surface area contributed by atoms with Crippen molar-refractivity contribution in [1.29, 1.82) is 0 Å². The first-order chi connectivity index (χ1) is 7.16. The van der Waals surface area contributed by atoms with Crippen LogP contribution in [-0.2, 0) is 13.6 Å². The number of nitrogen functional groups attached to an aromatic ring is 1. The summed E-state index contributed by atoms with van der Waals surface area (Å²) in [5.41, 5.74) is 6.04. The average Bonchev–Trinajstić information content (AvgIpc) is 2.53. The summed E-state index contributed by atoms with van der Waals surface area (Å²) in [7, 11) is 1.70. The Bertz CT molecular complexity index is 510. The van der Waals surface area contributed by atoms with Crippen LogP contribution in [0.15, 0.2) is 29.6 Å². The molecule has 2 heterocycles. The second-order valence-electron chi connectivity index (χ2n) is 3.25. The van der Waals surface area contributed by atoms with Crippen molar-refractivity contribution in [2.45, 2.75) is 6.54 Å². The van der Waals surface area contributed by atoms with Crippen molar-refractivity contribution >= 4 is 5.82 Å². The van der Waals surface area contributed by atoms with E-state index in [0.29, 0.717) is 18.1 Å². The zero-order valence-corrected chi connectivity index (χ0v) is 8.29. The van der Waals surface area contributed by atoms with Gasteiger partial charge in [-0.05, 0) is 0 Å². The highest BCUT2D eigenvalue weighted by atomic mass is 16.1. The first-order valence-electron chi connectivity index (χ1n) is 4.45. The van der Waals surface area contributed by atoms with Crippen molar-refractivity contribution in [3.63, 3.8) is 0 Å². The van der Waals surface area contributed by atoms with Crippen LogP contribution in [0.3, 0.4) is 0 Å². The molecule has 0 atom stereocenters. The molecule has 6 nitrogen and oxygen atoms in total. The van der Waals surface area contributed by atoms with Crippen LogP contribution in [0.5, 0.6) is 0 Å². The molecule has 0 spiro atoms. The number of nitrogens with two attached hydrogens (primary N) is 1. The van der Waals surface area contributed by atoms with Gasteiger partial charge in [0.1, 0.15) is 5.82 Å². The minimum Gasteiger partial charge on any atom is -0.382 e. The van der Waals surface area contributed by atoms with E-state index in [2.05, 4.69) is 9.97 Å². The van der Waals surface area contributed by atoms with E-state index in [1.165, 1.54) is 10.8 Å². The maximum Gasteiger partial charge on any atom is 0.328 e. The number of aromatic nitrogens is 4. The maximum atomic E-state index is 11.5. The van der Waals surface area contributed by atoms with Crippen LogP contribution in [0.25, 0.3) is 0 Å². The third-order valence-corrected chi connectivity index (χ3v) is 2.08. The monoisotopic (exact) mass is 205 g/mol. The van der Waals surface area contributed by atoms with E-state index < -0.39 is 0 Å². The van der Waals surface area contributed by atoms with E-state index >= 15 is 0 Å². The third-order valence-electron chi connectivity index (χ3n) is 2.08. The number of aryl methyl sites for hydroxylation is 1. The van der Waals surface area contributed by atoms with Gasteiger partial charge in [0.05, 0.1) is 24.6 Å². The van der Waals surface area contributed by atoms with Crippen LogP contribution in [0.1, 0.15) is 5.69 Å². The summed E-state index contributed by atoms with van der Waals surface area (Å²) < 4.78 is 3.06. The van der Waals surface area contributed by atoms with Gasteiger partial charge in [0, 0.05) is 19.4 Å². The smallest absolute Gasteiger partial charge is 0.328 e. The number of nitrogens with zero attached hydrogens (tertiary/aromatic N) is 4. The van der Waals surface area contributed by atoms with Gasteiger partial charge >= 0.3 is 5.69 Å². The summed E-state index contributed by atoms with van der Waals surface area (Å²) in [6, 6.07) is 0. The third kappa shape index (κ3) is 1.88. The fraction of sp³-hybridized carbons (Fsp3) is 0.222. The Morgan fingerprint density at radius 3 is 2.67 bits per heavy atom. The molecule has 15 heavy (non-hydrogen) atoms. The van der Waals surface area contributed by atoms with Crippen LogP contribution in [0.2, 0.25) is 0 Å². The van der Waals surface area contributed by atoms with Crippen molar-refractivity contribution < 1.29 is 0 Å². The minimum atomic E-state index is -0.0753. The first kappa shape index (κ1) is 9.45. The number of hydrogen-bond acceptors (Lipinski definition) is 4. The lowest BCUT2D eigenvalue weighted by atomic mass is 10.4. The Hall–Kier alpha value is -2.11. The van der Waals surface area contributed by atoms with Crippen LogP contribution >= 0.6 is 0 Å². The lowest BCUT2D eigenvalue weighted by Gasteiger charge is -2.00. The van der Waals surface area contributed by atoms with E-state index in [0.717, 1.165) is 0 Å². The van der Waals surface area contributed by atoms with Crippen molar-refractivity contribution in [2.75, 3.05) is 5.73 Å². The molecule has 0 bridgehead atoms. The lowest BCUT2D eigenvalue weighted by Crippen LogP contribution is -2.22. The van der Waals surface area contributed by atoms with Gasteiger partial charge in [-0.25, -0.2) is 9.78 Å². The molecule has 2 N–H and O–H groups in total. The van der Waals surface area contributed by atoms with Gasteiger partial charge in [-0.1, -0.05) is 0 Å². The molecule has 0 aliphatic heterocycles. The van der Waals surface area contributed by atoms with Crippen LogP contribution in [-0.4, -0.2) is 19.1 Å². The highest BCUT2D eigenvalue weighted by Crippen LogP contribution is 1.97. The summed E-state index contributed by atoms with van der Waals surface area (Å²) in [4.78, 5) is 19.5. The quantitative estimate of drug-likeness (QED) is 0.724. The normalized spacial score (nSPS) is 10.5. The molecule has 78 valence electrons. The molecule has 0 amide bonds. The predicted molar refractivity (Wildman–Crippen MR) is 55.2 cm³/mol. The summed E-state index contributed by atoms with van der Waals surface area (Å²) >= 11 is 0. The van der Waals surface area contributed by atoms with Crippen molar-refractivity contribution in [3.8, 4) is 0 Å². The van der Waals surface area contributed by atoms with Gasteiger partial charge in [0.25, 0.3) is 0 Å². The number of rotatable bonds is 2. The van der Waals surface area contributed by atoms with Gasteiger partial charge in [0.2, 0.25) is 0 Å². The molecular formula is C9H11N5O. The summed E-state index contributed by atoms with van der Waals surface area (Å²) in [5, 5.41) is 0. The van der Waals surface area contributed by atoms with Gasteiger partial charge in [-0.3, -0.25) is 9.55 Å². The van der Waals surface area contributed by atoms with Gasteiger partial charge in [-0.15, -0.1) is 0 Å². The van der Waals surface area contributed by atoms with E-state index in [-0.39, 0.29) is 5.69 Å². The molecule has 2 aromatic heterocycles. The van der Waals surface area contributed by atoms with Gasteiger partial charge in [0.15, 0.2) is 0 Å². The topological polar surface area (TPSA) is 78.7 Å².